The summed E-state index contributed by atoms with van der Waals surface area (Å²) in [6, 6.07) is 4.99. The van der Waals surface area contributed by atoms with E-state index in [0.29, 0.717) is 29.7 Å². The molecule has 0 saturated carbocycles. The lowest BCUT2D eigenvalue weighted by Crippen LogP contribution is -2.45. The number of imide groups is 1. The van der Waals surface area contributed by atoms with Crippen LogP contribution in [0.15, 0.2) is 23.0 Å². The maximum atomic E-state index is 13.1. The Morgan fingerprint density at radius 3 is 2.79 bits per heavy atom. The third-order valence-electron chi connectivity index (χ3n) is 5.20. The van der Waals surface area contributed by atoms with Crippen LogP contribution in [0.25, 0.3) is 10.9 Å². The minimum atomic E-state index is -0.692. The second kappa shape index (κ2) is 9.10. The number of carbonyl (C=O) groups excluding carboxylic acids is 2. The smallest absolute Gasteiger partial charge is 0.262 e. The van der Waals surface area contributed by atoms with E-state index in [1.54, 1.807) is 6.92 Å². The highest BCUT2D eigenvalue weighted by molar-refractivity contribution is 5.99. The molecule has 1 unspecified atom stereocenters. The summed E-state index contributed by atoms with van der Waals surface area (Å²) in [6.45, 7) is 5.55. The fourth-order valence-corrected chi connectivity index (χ4v) is 3.67. The zero-order chi connectivity index (χ0) is 20.1. The Hall–Kier alpha value is -2.54. The van der Waals surface area contributed by atoms with Gasteiger partial charge < -0.3 is 5.32 Å². The van der Waals surface area contributed by atoms with E-state index in [2.05, 4.69) is 22.5 Å². The molecule has 2 amide bonds. The zero-order valence-electron chi connectivity index (χ0n) is 16.6. The van der Waals surface area contributed by atoms with Gasteiger partial charge in [-0.25, -0.2) is 4.98 Å². The van der Waals surface area contributed by atoms with Crippen molar-refractivity contribution in [1.29, 1.82) is 0 Å². The number of aromatic nitrogens is 2. The first kappa shape index (κ1) is 20.2. The number of nitrogens with one attached hydrogen (secondary N) is 2. The molecule has 0 aliphatic carbocycles. The van der Waals surface area contributed by atoms with Crippen molar-refractivity contribution in [3.05, 3.63) is 39.9 Å². The largest absolute Gasteiger partial charge is 0.313 e. The molecule has 2 heterocycles. The molecule has 2 aromatic rings. The van der Waals surface area contributed by atoms with Crippen molar-refractivity contribution >= 4 is 22.7 Å². The first-order chi connectivity index (χ1) is 13.5. The van der Waals surface area contributed by atoms with Crippen molar-refractivity contribution in [3.8, 4) is 0 Å². The fourth-order valence-electron chi connectivity index (χ4n) is 3.67. The number of aryl methyl sites for hydroxylation is 1. The summed E-state index contributed by atoms with van der Waals surface area (Å²) in [5.41, 5.74) is 1.40. The van der Waals surface area contributed by atoms with Gasteiger partial charge in [-0.15, -0.1) is 0 Å². The van der Waals surface area contributed by atoms with E-state index in [9.17, 15) is 14.4 Å². The van der Waals surface area contributed by atoms with Gasteiger partial charge in [-0.05, 0) is 44.0 Å². The Labute approximate surface area is 164 Å². The number of nitrogens with zero attached hydrogens (tertiary/aromatic N) is 2. The zero-order valence-corrected chi connectivity index (χ0v) is 16.6. The van der Waals surface area contributed by atoms with Crippen molar-refractivity contribution in [3.63, 3.8) is 0 Å². The minimum Gasteiger partial charge on any atom is -0.313 e. The van der Waals surface area contributed by atoms with Crippen LogP contribution in [-0.4, -0.2) is 27.9 Å². The quantitative estimate of drug-likeness (QED) is 0.538. The summed E-state index contributed by atoms with van der Waals surface area (Å²) in [5.74, 6) is -0.255. The molecule has 28 heavy (non-hydrogen) atoms. The molecule has 7 heteroatoms. The highest BCUT2D eigenvalue weighted by Gasteiger charge is 2.30. The molecule has 0 spiro atoms. The molecule has 1 aliphatic rings. The maximum absolute atomic E-state index is 13.1. The molecule has 1 aliphatic heterocycles. The molecule has 1 saturated heterocycles. The van der Waals surface area contributed by atoms with Gasteiger partial charge >= 0.3 is 0 Å². The third-order valence-corrected chi connectivity index (χ3v) is 5.20. The van der Waals surface area contributed by atoms with Crippen LogP contribution in [0.3, 0.4) is 0 Å². The third kappa shape index (κ3) is 4.47. The molecule has 0 radical (unpaired) electrons. The average Bonchev–Trinajstić information content (AvgIpc) is 2.66. The number of rotatable bonds is 8. The van der Waals surface area contributed by atoms with Gasteiger partial charge in [0.1, 0.15) is 11.9 Å². The van der Waals surface area contributed by atoms with Gasteiger partial charge in [-0.1, -0.05) is 32.3 Å². The van der Waals surface area contributed by atoms with Gasteiger partial charge in [0.05, 0.1) is 10.9 Å². The highest BCUT2D eigenvalue weighted by atomic mass is 16.2. The summed E-state index contributed by atoms with van der Waals surface area (Å²) in [5, 5.41) is 6.23. The monoisotopic (exact) mass is 384 g/mol. The van der Waals surface area contributed by atoms with E-state index in [0.717, 1.165) is 18.5 Å². The molecule has 1 fully saturated rings. The molecule has 1 aromatic carbocycles. The SMILES string of the molecule is CCCCCCNCc1ccc2nc(C)n(C3CCC(=O)NC3=O)c(=O)c2c1. The highest BCUT2D eigenvalue weighted by Crippen LogP contribution is 2.20. The second-order valence-electron chi connectivity index (χ2n) is 7.39. The van der Waals surface area contributed by atoms with Gasteiger partial charge in [0, 0.05) is 13.0 Å². The van der Waals surface area contributed by atoms with Crippen molar-refractivity contribution in [2.75, 3.05) is 6.54 Å². The fraction of sp³-hybridized carbons (Fsp3) is 0.524. The van der Waals surface area contributed by atoms with Gasteiger partial charge in [0.25, 0.3) is 5.56 Å². The number of benzene rings is 1. The lowest BCUT2D eigenvalue weighted by molar-refractivity contribution is -0.135. The van der Waals surface area contributed by atoms with Crippen molar-refractivity contribution < 1.29 is 9.59 Å². The van der Waals surface area contributed by atoms with E-state index >= 15 is 0 Å². The molecule has 1 atom stereocenters. The predicted octanol–water partition coefficient (Wildman–Crippen LogP) is 2.35. The Kier molecular flexibility index (Phi) is 6.57. The number of carbonyl (C=O) groups is 2. The van der Waals surface area contributed by atoms with Gasteiger partial charge in [0.15, 0.2) is 0 Å². The van der Waals surface area contributed by atoms with Crippen LogP contribution in [0.2, 0.25) is 0 Å². The molecule has 3 rings (SSSR count). The molecular weight excluding hydrogens is 356 g/mol. The normalized spacial score (nSPS) is 17.1. The van der Waals surface area contributed by atoms with Crippen molar-refractivity contribution in [2.45, 2.75) is 65.0 Å². The summed E-state index contributed by atoms with van der Waals surface area (Å²) in [4.78, 5) is 41.3. The van der Waals surface area contributed by atoms with Crippen molar-refractivity contribution in [2.24, 2.45) is 0 Å². The standard InChI is InChI=1S/C21H28N4O3/c1-3-4-5-6-11-22-13-15-7-8-17-16(12-15)21(28)25(14(2)23-17)18-9-10-19(26)24-20(18)27/h7-8,12,18,22H,3-6,9-11,13H2,1-2H3,(H,24,26,27). The number of piperidine rings is 1. The summed E-state index contributed by atoms with van der Waals surface area (Å²) in [7, 11) is 0. The molecule has 2 N–H and O–H groups in total. The first-order valence-electron chi connectivity index (χ1n) is 10.1. The Bertz CT molecular complexity index is 935. The number of unbranched alkanes of at least 4 members (excludes halogenated alkanes) is 3. The summed E-state index contributed by atoms with van der Waals surface area (Å²) in [6.07, 6.45) is 5.38. The van der Waals surface area contributed by atoms with Crippen LogP contribution in [0.4, 0.5) is 0 Å². The van der Waals surface area contributed by atoms with E-state index < -0.39 is 11.9 Å². The first-order valence-corrected chi connectivity index (χ1v) is 10.1. The van der Waals surface area contributed by atoms with Gasteiger partial charge in [0.2, 0.25) is 11.8 Å². The van der Waals surface area contributed by atoms with Crippen LogP contribution >= 0.6 is 0 Å². The number of hydrogen-bond donors (Lipinski definition) is 2. The number of fused-ring (bicyclic) bond motifs is 1. The van der Waals surface area contributed by atoms with Crippen molar-refractivity contribution in [1.82, 2.24) is 20.2 Å². The Morgan fingerprint density at radius 1 is 1.21 bits per heavy atom. The van der Waals surface area contributed by atoms with Crippen LogP contribution in [-0.2, 0) is 16.1 Å². The second-order valence-corrected chi connectivity index (χ2v) is 7.39. The van der Waals surface area contributed by atoms with Crippen LogP contribution in [0, 0.1) is 6.92 Å². The Balaban J connectivity index is 1.81. The van der Waals surface area contributed by atoms with Crippen LogP contribution in [0.1, 0.15) is 62.9 Å². The molecular formula is C21H28N4O3. The van der Waals surface area contributed by atoms with E-state index in [-0.39, 0.29) is 17.9 Å². The number of hydrogen-bond acceptors (Lipinski definition) is 5. The Morgan fingerprint density at radius 2 is 2.04 bits per heavy atom. The van der Waals surface area contributed by atoms with Crippen LogP contribution < -0.4 is 16.2 Å². The average molecular weight is 384 g/mol. The molecule has 7 nitrogen and oxygen atoms in total. The van der Waals surface area contributed by atoms with Gasteiger partial charge in [-0.2, -0.15) is 0 Å². The van der Waals surface area contributed by atoms with E-state index in [4.69, 9.17) is 0 Å². The molecule has 1 aromatic heterocycles. The number of amides is 2. The topological polar surface area (TPSA) is 93.1 Å². The molecule has 0 bridgehead atoms. The van der Waals surface area contributed by atoms with E-state index in [1.165, 1.54) is 23.8 Å². The van der Waals surface area contributed by atoms with E-state index in [1.807, 2.05) is 18.2 Å². The lowest BCUT2D eigenvalue weighted by Gasteiger charge is -2.24. The van der Waals surface area contributed by atoms with Crippen LogP contribution in [0.5, 0.6) is 0 Å². The lowest BCUT2D eigenvalue weighted by atomic mass is 10.0. The maximum Gasteiger partial charge on any atom is 0.262 e. The molecule has 150 valence electrons. The summed E-state index contributed by atoms with van der Waals surface area (Å²) >= 11 is 0. The minimum absolute atomic E-state index is 0.225. The van der Waals surface area contributed by atoms with Gasteiger partial charge in [-0.3, -0.25) is 24.3 Å². The predicted molar refractivity (Wildman–Crippen MR) is 108 cm³/mol. The summed E-state index contributed by atoms with van der Waals surface area (Å²) < 4.78 is 1.42.